The van der Waals surface area contributed by atoms with Gasteiger partial charge in [0.2, 0.25) is 0 Å². The SMILES string of the molecule is Cc1c(C2C=Cc3ccccc32)cc2ccccc2c1Br. The van der Waals surface area contributed by atoms with E-state index in [0.29, 0.717) is 5.92 Å². The molecule has 0 fully saturated rings. The van der Waals surface area contributed by atoms with Crippen LogP contribution in [-0.2, 0) is 0 Å². The van der Waals surface area contributed by atoms with Gasteiger partial charge in [-0.3, -0.25) is 0 Å². The highest BCUT2D eigenvalue weighted by Gasteiger charge is 2.21. The van der Waals surface area contributed by atoms with Crippen molar-refractivity contribution in [2.75, 3.05) is 0 Å². The van der Waals surface area contributed by atoms with E-state index in [1.807, 2.05) is 0 Å². The lowest BCUT2D eigenvalue weighted by Crippen LogP contribution is -2.00. The second-order valence-corrected chi connectivity index (χ2v) is 6.38. The second-order valence-electron chi connectivity index (χ2n) is 5.59. The van der Waals surface area contributed by atoms with Crippen molar-refractivity contribution in [1.29, 1.82) is 0 Å². The van der Waals surface area contributed by atoms with E-state index in [9.17, 15) is 0 Å². The van der Waals surface area contributed by atoms with Gasteiger partial charge in [-0.15, -0.1) is 0 Å². The van der Waals surface area contributed by atoms with Crippen molar-refractivity contribution in [2.24, 2.45) is 0 Å². The number of halogens is 1. The van der Waals surface area contributed by atoms with Crippen LogP contribution in [0.3, 0.4) is 0 Å². The van der Waals surface area contributed by atoms with Gasteiger partial charge in [-0.2, -0.15) is 0 Å². The highest BCUT2D eigenvalue weighted by Crippen LogP contribution is 2.40. The molecule has 3 aromatic carbocycles. The molecule has 1 atom stereocenters. The summed E-state index contributed by atoms with van der Waals surface area (Å²) >= 11 is 3.79. The third kappa shape index (κ3) is 1.96. The van der Waals surface area contributed by atoms with Crippen LogP contribution >= 0.6 is 15.9 Å². The van der Waals surface area contributed by atoms with Crippen LogP contribution in [0.1, 0.15) is 28.2 Å². The van der Waals surface area contributed by atoms with Crippen LogP contribution in [-0.4, -0.2) is 0 Å². The zero-order valence-electron chi connectivity index (χ0n) is 11.8. The normalized spacial score (nSPS) is 16.4. The van der Waals surface area contributed by atoms with Gasteiger partial charge in [0.05, 0.1) is 0 Å². The van der Waals surface area contributed by atoms with Gasteiger partial charge >= 0.3 is 0 Å². The van der Waals surface area contributed by atoms with Gasteiger partial charge < -0.3 is 0 Å². The Morgan fingerprint density at radius 3 is 2.57 bits per heavy atom. The number of fused-ring (bicyclic) bond motifs is 2. The molecule has 1 aliphatic carbocycles. The van der Waals surface area contributed by atoms with Crippen molar-refractivity contribution in [3.05, 3.63) is 87.4 Å². The summed E-state index contributed by atoms with van der Waals surface area (Å²) in [5, 5.41) is 2.58. The molecule has 0 amide bonds. The maximum Gasteiger partial charge on any atom is 0.0286 e. The Balaban J connectivity index is 1.96. The maximum atomic E-state index is 3.79. The van der Waals surface area contributed by atoms with Crippen molar-refractivity contribution >= 4 is 32.8 Å². The summed E-state index contributed by atoms with van der Waals surface area (Å²) in [5.74, 6) is 0.363. The fourth-order valence-corrected chi connectivity index (χ4v) is 3.86. The molecule has 1 unspecified atom stereocenters. The van der Waals surface area contributed by atoms with E-state index >= 15 is 0 Å². The zero-order chi connectivity index (χ0) is 14.4. The van der Waals surface area contributed by atoms with Gasteiger partial charge in [-0.05, 0) is 61.9 Å². The van der Waals surface area contributed by atoms with Crippen LogP contribution in [0.5, 0.6) is 0 Å². The fourth-order valence-electron chi connectivity index (χ4n) is 3.27. The maximum absolute atomic E-state index is 3.79. The lowest BCUT2D eigenvalue weighted by atomic mass is 9.88. The molecule has 1 aliphatic rings. The Hall–Kier alpha value is -1.86. The summed E-state index contributed by atoms with van der Waals surface area (Å²) in [7, 11) is 0. The van der Waals surface area contributed by atoms with E-state index in [0.717, 1.165) is 0 Å². The quantitative estimate of drug-likeness (QED) is 0.506. The molecule has 1 heteroatoms. The number of rotatable bonds is 1. The molecule has 0 heterocycles. The lowest BCUT2D eigenvalue weighted by molar-refractivity contribution is 1.03. The first-order valence-corrected chi connectivity index (χ1v) is 8.00. The van der Waals surface area contributed by atoms with Crippen molar-refractivity contribution in [3.8, 4) is 0 Å². The van der Waals surface area contributed by atoms with Gasteiger partial charge in [0.15, 0.2) is 0 Å². The molecule has 0 nitrogen and oxygen atoms in total. The molecule has 4 rings (SSSR count). The molecule has 0 aliphatic heterocycles. The van der Waals surface area contributed by atoms with Gasteiger partial charge in [-0.25, -0.2) is 0 Å². The molecular weight excluding hydrogens is 320 g/mol. The van der Waals surface area contributed by atoms with Gasteiger partial charge in [0, 0.05) is 10.4 Å². The molecule has 0 saturated heterocycles. The third-order valence-electron chi connectivity index (χ3n) is 4.40. The van der Waals surface area contributed by atoms with Gasteiger partial charge in [0.25, 0.3) is 0 Å². The first-order chi connectivity index (χ1) is 10.3. The molecular formula is C20H15Br. The van der Waals surface area contributed by atoms with E-state index in [4.69, 9.17) is 0 Å². The van der Waals surface area contributed by atoms with Crippen LogP contribution < -0.4 is 0 Å². The summed E-state index contributed by atoms with van der Waals surface area (Å²) in [6.07, 6.45) is 4.55. The average molecular weight is 335 g/mol. The van der Waals surface area contributed by atoms with Crippen molar-refractivity contribution in [1.82, 2.24) is 0 Å². The third-order valence-corrected chi connectivity index (χ3v) is 5.43. The highest BCUT2D eigenvalue weighted by atomic mass is 79.9. The fraction of sp³-hybridized carbons (Fsp3) is 0.100. The molecule has 0 N–H and O–H groups in total. The smallest absolute Gasteiger partial charge is 0.0286 e. The minimum Gasteiger partial charge on any atom is -0.0720 e. The van der Waals surface area contributed by atoms with Crippen molar-refractivity contribution < 1.29 is 0 Å². The molecule has 21 heavy (non-hydrogen) atoms. The summed E-state index contributed by atoms with van der Waals surface area (Å²) < 4.78 is 1.22. The minimum absolute atomic E-state index is 0.363. The van der Waals surface area contributed by atoms with Gasteiger partial charge in [0.1, 0.15) is 0 Å². The predicted molar refractivity (Wildman–Crippen MR) is 93.7 cm³/mol. The molecule has 102 valence electrons. The van der Waals surface area contributed by atoms with E-state index in [1.54, 1.807) is 0 Å². The first-order valence-electron chi connectivity index (χ1n) is 7.20. The van der Waals surface area contributed by atoms with Crippen LogP contribution in [0.2, 0.25) is 0 Å². The Morgan fingerprint density at radius 1 is 0.905 bits per heavy atom. The summed E-state index contributed by atoms with van der Waals surface area (Å²) in [5.41, 5.74) is 5.47. The summed E-state index contributed by atoms with van der Waals surface area (Å²) in [6.45, 7) is 2.21. The lowest BCUT2D eigenvalue weighted by Gasteiger charge is -2.17. The Bertz CT molecular complexity index is 874. The van der Waals surface area contributed by atoms with Gasteiger partial charge in [-0.1, -0.05) is 60.7 Å². The molecule has 0 bridgehead atoms. The first kappa shape index (κ1) is 12.8. The predicted octanol–water partition coefficient (Wildman–Crippen LogP) is 6.07. The molecule has 0 radical (unpaired) electrons. The number of hydrogen-bond acceptors (Lipinski definition) is 0. The number of benzene rings is 3. The van der Waals surface area contributed by atoms with Crippen molar-refractivity contribution in [2.45, 2.75) is 12.8 Å². The summed E-state index contributed by atoms with van der Waals surface area (Å²) in [6, 6.07) is 19.6. The van der Waals surface area contributed by atoms with E-state index in [2.05, 4.69) is 89.6 Å². The summed E-state index contributed by atoms with van der Waals surface area (Å²) in [4.78, 5) is 0. The second kappa shape index (κ2) is 4.85. The monoisotopic (exact) mass is 334 g/mol. The highest BCUT2D eigenvalue weighted by molar-refractivity contribution is 9.10. The van der Waals surface area contributed by atoms with Crippen LogP contribution in [0.15, 0.2) is 65.1 Å². The Kier molecular flexibility index (Phi) is 2.97. The number of allylic oxidation sites excluding steroid dienone is 1. The minimum atomic E-state index is 0.363. The Labute approximate surface area is 133 Å². The van der Waals surface area contributed by atoms with Crippen LogP contribution in [0.25, 0.3) is 16.8 Å². The van der Waals surface area contributed by atoms with Crippen LogP contribution in [0, 0.1) is 6.92 Å². The number of hydrogen-bond donors (Lipinski definition) is 0. The van der Waals surface area contributed by atoms with E-state index in [-0.39, 0.29) is 0 Å². The zero-order valence-corrected chi connectivity index (χ0v) is 13.4. The topological polar surface area (TPSA) is 0 Å². The molecule has 0 saturated carbocycles. The Morgan fingerprint density at radius 2 is 1.67 bits per heavy atom. The molecule has 0 spiro atoms. The average Bonchev–Trinajstić information content (AvgIpc) is 2.95. The largest absolute Gasteiger partial charge is 0.0720 e. The molecule has 0 aromatic heterocycles. The van der Waals surface area contributed by atoms with Crippen molar-refractivity contribution in [3.63, 3.8) is 0 Å². The van der Waals surface area contributed by atoms with E-state index < -0.39 is 0 Å². The van der Waals surface area contributed by atoms with Crippen LogP contribution in [0.4, 0.5) is 0 Å². The standard InChI is InChI=1S/C20H15Br/c1-13-19(12-15-7-3-5-9-17(15)20(13)21)18-11-10-14-6-2-4-8-16(14)18/h2-12,18H,1H3. The molecule has 3 aromatic rings. The van der Waals surface area contributed by atoms with E-state index in [1.165, 1.54) is 37.5 Å².